The van der Waals surface area contributed by atoms with Gasteiger partial charge in [-0.25, -0.2) is 4.98 Å². The second kappa shape index (κ2) is 8.85. The van der Waals surface area contributed by atoms with Gasteiger partial charge in [0.05, 0.1) is 12.7 Å². The molecule has 0 saturated carbocycles. The largest absolute Gasteiger partial charge is 0.321 e. The molecule has 3 aromatic carbocycles. The van der Waals surface area contributed by atoms with Crippen LogP contribution in [0.1, 0.15) is 16.1 Å². The maximum absolute atomic E-state index is 13.1. The topological polar surface area (TPSA) is 93.1 Å². The number of carbonyl (C=O) groups is 1. The van der Waals surface area contributed by atoms with Gasteiger partial charge in [0.2, 0.25) is 5.16 Å². The molecule has 4 aromatic rings. The van der Waals surface area contributed by atoms with Crippen molar-refractivity contribution in [3.05, 3.63) is 108 Å². The number of aromatic nitrogens is 2. The molecular weight excluding hydrogens is 412 g/mol. The van der Waals surface area contributed by atoms with Crippen molar-refractivity contribution in [2.24, 2.45) is 0 Å². The number of rotatable bonds is 7. The van der Waals surface area contributed by atoms with E-state index in [1.54, 1.807) is 54.6 Å². The van der Waals surface area contributed by atoms with E-state index in [1.807, 2.05) is 36.4 Å². The van der Waals surface area contributed by atoms with Crippen LogP contribution < -0.4 is 10.0 Å². The highest BCUT2D eigenvalue weighted by molar-refractivity contribution is 7.92. The number of nitrogens with zero attached hydrogens (tertiary/aromatic N) is 2. The third-order valence-corrected chi connectivity index (χ3v) is 5.84. The fourth-order valence-electron chi connectivity index (χ4n) is 3.10. The first kappa shape index (κ1) is 20.4. The minimum atomic E-state index is -4.03. The van der Waals surface area contributed by atoms with E-state index < -0.39 is 15.9 Å². The van der Waals surface area contributed by atoms with E-state index in [0.29, 0.717) is 11.4 Å². The normalized spacial score (nSPS) is 11.1. The number of benzene rings is 3. The summed E-state index contributed by atoms with van der Waals surface area (Å²) in [5, 5.41) is 2.55. The summed E-state index contributed by atoms with van der Waals surface area (Å²) in [5.41, 5.74) is 1.99. The summed E-state index contributed by atoms with van der Waals surface area (Å²) in [6, 6.07) is 26.8. The molecule has 0 aliphatic rings. The summed E-state index contributed by atoms with van der Waals surface area (Å²) in [6.45, 7) is 0.170. The zero-order chi connectivity index (χ0) is 21.7. The molecule has 1 heterocycles. The predicted octanol–water partition coefficient (Wildman–Crippen LogP) is 3.98. The molecule has 0 spiro atoms. The summed E-state index contributed by atoms with van der Waals surface area (Å²) in [5.74, 6) is -0.448. The molecule has 156 valence electrons. The lowest BCUT2D eigenvalue weighted by Gasteiger charge is -2.13. The summed E-state index contributed by atoms with van der Waals surface area (Å²) >= 11 is 0. The van der Waals surface area contributed by atoms with E-state index in [9.17, 15) is 13.2 Å². The molecule has 0 aliphatic heterocycles. The second-order valence-corrected chi connectivity index (χ2v) is 8.37. The Bertz CT molecular complexity index is 1270. The standard InChI is InChI=1S/C23H20N4O3S/c28-22(25-19-12-6-2-7-13-19)21-16-24-23(27(21)17-18-10-4-1-5-11-18)31(29,30)26-20-14-8-3-9-15-20/h1-16,26H,17H2,(H,25,28). The van der Waals surface area contributed by atoms with Gasteiger partial charge in [0, 0.05) is 11.4 Å². The van der Waals surface area contributed by atoms with Gasteiger partial charge < -0.3 is 9.88 Å². The molecule has 0 unspecified atom stereocenters. The first-order valence-corrected chi connectivity index (χ1v) is 11.0. The van der Waals surface area contributed by atoms with Gasteiger partial charge in [-0.3, -0.25) is 9.52 Å². The van der Waals surface area contributed by atoms with Crippen LogP contribution in [0.2, 0.25) is 0 Å². The van der Waals surface area contributed by atoms with Crippen molar-refractivity contribution in [1.29, 1.82) is 0 Å². The minimum absolute atomic E-state index is 0.140. The zero-order valence-electron chi connectivity index (χ0n) is 16.5. The zero-order valence-corrected chi connectivity index (χ0v) is 17.3. The Morgan fingerprint density at radius 2 is 1.35 bits per heavy atom. The Balaban J connectivity index is 1.72. The maximum atomic E-state index is 13.1. The average molecular weight is 433 g/mol. The van der Waals surface area contributed by atoms with E-state index in [1.165, 1.54) is 10.8 Å². The quantitative estimate of drug-likeness (QED) is 0.462. The van der Waals surface area contributed by atoms with Crippen LogP contribution in [0.25, 0.3) is 0 Å². The molecule has 1 aromatic heterocycles. The Labute approximate surface area is 180 Å². The van der Waals surface area contributed by atoms with Crippen LogP contribution in [0.15, 0.2) is 102 Å². The van der Waals surface area contributed by atoms with Crippen LogP contribution in [0, 0.1) is 0 Å². The van der Waals surface area contributed by atoms with Gasteiger partial charge in [-0.2, -0.15) is 8.42 Å². The van der Waals surface area contributed by atoms with Gasteiger partial charge in [-0.05, 0) is 29.8 Å². The Morgan fingerprint density at radius 3 is 1.97 bits per heavy atom. The van der Waals surface area contributed by atoms with Gasteiger partial charge in [-0.1, -0.05) is 66.7 Å². The van der Waals surface area contributed by atoms with E-state index in [0.717, 1.165) is 5.56 Å². The second-order valence-electron chi connectivity index (χ2n) is 6.79. The van der Waals surface area contributed by atoms with Gasteiger partial charge in [0.15, 0.2) is 0 Å². The van der Waals surface area contributed by atoms with Gasteiger partial charge in [-0.15, -0.1) is 0 Å². The lowest BCUT2D eigenvalue weighted by Crippen LogP contribution is -2.23. The van der Waals surface area contributed by atoms with Crippen molar-refractivity contribution in [1.82, 2.24) is 9.55 Å². The van der Waals surface area contributed by atoms with E-state index in [4.69, 9.17) is 0 Å². The Kier molecular flexibility index (Phi) is 5.81. The third-order valence-electron chi connectivity index (χ3n) is 4.53. The number of carbonyl (C=O) groups excluding carboxylic acids is 1. The van der Waals surface area contributed by atoms with Crippen molar-refractivity contribution in [2.45, 2.75) is 11.7 Å². The van der Waals surface area contributed by atoms with Crippen LogP contribution >= 0.6 is 0 Å². The lowest BCUT2D eigenvalue weighted by molar-refractivity contribution is 0.101. The predicted molar refractivity (Wildman–Crippen MR) is 119 cm³/mol. The molecule has 0 aliphatic carbocycles. The molecule has 0 bridgehead atoms. The van der Waals surface area contributed by atoms with Gasteiger partial charge in [0.1, 0.15) is 5.69 Å². The number of hydrogen-bond acceptors (Lipinski definition) is 4. The first-order chi connectivity index (χ1) is 15.0. The number of nitrogens with one attached hydrogen (secondary N) is 2. The van der Waals surface area contributed by atoms with Crippen LogP contribution in [0.4, 0.5) is 11.4 Å². The number of anilines is 2. The van der Waals surface area contributed by atoms with Gasteiger partial charge in [0.25, 0.3) is 15.9 Å². The van der Waals surface area contributed by atoms with Crippen LogP contribution in [0.3, 0.4) is 0 Å². The molecule has 1 amide bonds. The minimum Gasteiger partial charge on any atom is -0.321 e. The SMILES string of the molecule is O=C(Nc1ccccc1)c1cnc(S(=O)(=O)Nc2ccccc2)n1Cc1ccccc1. The van der Waals surface area contributed by atoms with Crippen molar-refractivity contribution in [2.75, 3.05) is 10.0 Å². The Morgan fingerprint density at radius 1 is 0.806 bits per heavy atom. The molecule has 0 radical (unpaired) electrons. The lowest BCUT2D eigenvalue weighted by atomic mass is 10.2. The number of hydrogen-bond donors (Lipinski definition) is 2. The molecule has 0 saturated heterocycles. The molecule has 31 heavy (non-hydrogen) atoms. The fourth-order valence-corrected chi connectivity index (χ4v) is 4.28. The average Bonchev–Trinajstić information content (AvgIpc) is 3.20. The van der Waals surface area contributed by atoms with Crippen LogP contribution in [-0.2, 0) is 16.6 Å². The number of amides is 1. The molecule has 2 N–H and O–H groups in total. The summed E-state index contributed by atoms with van der Waals surface area (Å²) in [7, 11) is -4.03. The molecule has 8 heteroatoms. The van der Waals surface area contributed by atoms with E-state index in [2.05, 4.69) is 15.0 Å². The van der Waals surface area contributed by atoms with Crippen LogP contribution in [-0.4, -0.2) is 23.9 Å². The first-order valence-electron chi connectivity index (χ1n) is 9.57. The highest BCUT2D eigenvalue weighted by atomic mass is 32.2. The van der Waals surface area contributed by atoms with Crippen LogP contribution in [0.5, 0.6) is 0 Å². The molecular formula is C23H20N4O3S. The number of sulfonamides is 1. The molecule has 0 atom stereocenters. The number of imidazole rings is 1. The summed E-state index contributed by atoms with van der Waals surface area (Å²) < 4.78 is 30.1. The van der Waals surface area contributed by atoms with Crippen molar-refractivity contribution in [3.8, 4) is 0 Å². The van der Waals surface area contributed by atoms with Crippen molar-refractivity contribution < 1.29 is 13.2 Å². The van der Waals surface area contributed by atoms with E-state index >= 15 is 0 Å². The van der Waals surface area contributed by atoms with Gasteiger partial charge >= 0.3 is 0 Å². The highest BCUT2D eigenvalue weighted by Gasteiger charge is 2.26. The summed E-state index contributed by atoms with van der Waals surface area (Å²) in [4.78, 5) is 17.0. The number of para-hydroxylation sites is 2. The Hall–Kier alpha value is -3.91. The maximum Gasteiger partial charge on any atom is 0.295 e. The van der Waals surface area contributed by atoms with E-state index in [-0.39, 0.29) is 17.4 Å². The third kappa shape index (κ3) is 4.81. The monoisotopic (exact) mass is 432 g/mol. The fraction of sp³-hybridized carbons (Fsp3) is 0.0435. The van der Waals surface area contributed by atoms with Crippen molar-refractivity contribution >= 4 is 27.3 Å². The molecule has 4 rings (SSSR count). The highest BCUT2D eigenvalue weighted by Crippen LogP contribution is 2.19. The molecule has 0 fully saturated rings. The van der Waals surface area contributed by atoms with Crippen molar-refractivity contribution in [3.63, 3.8) is 0 Å². The smallest absolute Gasteiger partial charge is 0.295 e. The summed E-state index contributed by atoms with van der Waals surface area (Å²) in [6.07, 6.45) is 1.28. The molecule has 7 nitrogen and oxygen atoms in total.